The minimum absolute atomic E-state index is 0.00384. The number of amides is 2. The molecule has 0 spiro atoms. The number of carbonyl (C=O) groups excluding carboxylic acids is 1. The Balaban J connectivity index is 1.53. The van der Waals surface area contributed by atoms with Gasteiger partial charge in [0.05, 0.1) is 19.6 Å². The van der Waals surface area contributed by atoms with E-state index in [4.69, 9.17) is 4.74 Å². The van der Waals surface area contributed by atoms with Gasteiger partial charge in [-0.2, -0.15) is 13.2 Å². The quantitative estimate of drug-likeness (QED) is 0.844. The summed E-state index contributed by atoms with van der Waals surface area (Å²) in [5.74, 6) is 1.31. The molecule has 1 aliphatic heterocycles. The third-order valence-corrected chi connectivity index (χ3v) is 3.95. The summed E-state index contributed by atoms with van der Waals surface area (Å²) in [5.41, 5.74) is 0.573. The predicted molar refractivity (Wildman–Crippen MR) is 85.0 cm³/mol. The van der Waals surface area contributed by atoms with Crippen LogP contribution in [0.1, 0.15) is 22.8 Å². The van der Waals surface area contributed by atoms with Crippen LogP contribution in [0.15, 0.2) is 24.3 Å². The van der Waals surface area contributed by atoms with E-state index in [1.165, 1.54) is 6.07 Å². The maximum atomic E-state index is 12.6. The molecule has 10 heteroatoms. The van der Waals surface area contributed by atoms with E-state index in [1.807, 2.05) is 4.57 Å². The second-order valence-electron chi connectivity index (χ2n) is 5.83. The van der Waals surface area contributed by atoms with E-state index in [0.717, 1.165) is 0 Å². The van der Waals surface area contributed by atoms with Gasteiger partial charge in [0.15, 0.2) is 11.6 Å². The van der Waals surface area contributed by atoms with Gasteiger partial charge in [-0.25, -0.2) is 4.79 Å². The van der Waals surface area contributed by atoms with Crippen LogP contribution in [0.25, 0.3) is 0 Å². The largest absolute Gasteiger partial charge is 0.393 e. The Kier molecular flexibility index (Phi) is 5.40. The number of halogens is 3. The molecule has 0 saturated heterocycles. The molecular weight excluding hydrogens is 351 g/mol. The van der Waals surface area contributed by atoms with Crippen molar-refractivity contribution in [3.63, 3.8) is 0 Å². The van der Waals surface area contributed by atoms with E-state index >= 15 is 0 Å². The first-order chi connectivity index (χ1) is 12.4. The number of hydrogen-bond donors (Lipinski definition) is 2. The molecule has 0 unspecified atom stereocenters. The fraction of sp³-hybridized carbons (Fsp3) is 0.438. The predicted octanol–water partition coefficient (Wildman–Crippen LogP) is 1.91. The fourth-order valence-electron chi connectivity index (χ4n) is 2.70. The van der Waals surface area contributed by atoms with Gasteiger partial charge in [0.25, 0.3) is 0 Å². The molecule has 2 amide bonds. The summed E-state index contributed by atoms with van der Waals surface area (Å²) in [6.45, 7) is 1.73. The van der Waals surface area contributed by atoms with Crippen LogP contribution in [-0.4, -0.2) is 33.6 Å². The van der Waals surface area contributed by atoms with Crippen LogP contribution in [0.3, 0.4) is 0 Å². The van der Waals surface area contributed by atoms with Crippen molar-refractivity contribution >= 4 is 6.03 Å². The highest BCUT2D eigenvalue weighted by Crippen LogP contribution is 2.23. The second kappa shape index (κ2) is 7.73. The molecule has 7 nitrogen and oxygen atoms in total. The van der Waals surface area contributed by atoms with Gasteiger partial charge >= 0.3 is 12.2 Å². The summed E-state index contributed by atoms with van der Waals surface area (Å²) in [4.78, 5) is 11.9. The summed E-state index contributed by atoms with van der Waals surface area (Å²) < 4.78 is 45.0. The maximum absolute atomic E-state index is 12.6. The monoisotopic (exact) mass is 369 g/mol. The van der Waals surface area contributed by atoms with Gasteiger partial charge in [-0.05, 0) is 11.1 Å². The Labute approximate surface area is 147 Å². The molecule has 0 saturated carbocycles. The number of hydrogen-bond acceptors (Lipinski definition) is 4. The number of fused-ring (bicyclic) bond motifs is 1. The Morgan fingerprint density at radius 1 is 1.15 bits per heavy atom. The topological polar surface area (TPSA) is 81.1 Å². The molecule has 3 rings (SSSR count). The lowest BCUT2D eigenvalue weighted by Crippen LogP contribution is -2.36. The van der Waals surface area contributed by atoms with E-state index in [-0.39, 0.29) is 18.7 Å². The standard InChI is InChI=1S/C16H18F3N5O2/c17-16(18,19)7-11-3-1-2-4-12(11)8-20-15(25)21-9-13-22-23-14-10-26-6-5-24(13)14/h1-4H,5-10H2,(H2,20,21,25). The molecule has 0 bridgehead atoms. The van der Waals surface area contributed by atoms with Crippen molar-refractivity contribution < 1.29 is 22.7 Å². The van der Waals surface area contributed by atoms with Crippen LogP contribution in [0.2, 0.25) is 0 Å². The van der Waals surface area contributed by atoms with Gasteiger partial charge in [-0.15, -0.1) is 10.2 Å². The van der Waals surface area contributed by atoms with E-state index in [9.17, 15) is 18.0 Å². The first-order valence-corrected chi connectivity index (χ1v) is 8.06. The van der Waals surface area contributed by atoms with E-state index in [2.05, 4.69) is 20.8 Å². The van der Waals surface area contributed by atoms with Crippen molar-refractivity contribution in [2.45, 2.75) is 38.8 Å². The molecule has 2 heterocycles. The van der Waals surface area contributed by atoms with Crippen LogP contribution in [0, 0.1) is 0 Å². The molecule has 0 radical (unpaired) electrons. The number of carbonyl (C=O) groups is 1. The zero-order valence-corrected chi connectivity index (χ0v) is 13.8. The van der Waals surface area contributed by atoms with E-state index in [0.29, 0.717) is 37.0 Å². The van der Waals surface area contributed by atoms with Crippen LogP contribution in [-0.2, 0) is 37.4 Å². The summed E-state index contributed by atoms with van der Waals surface area (Å²) in [5, 5.41) is 13.2. The average molecular weight is 369 g/mol. The van der Waals surface area contributed by atoms with E-state index < -0.39 is 18.6 Å². The lowest BCUT2D eigenvalue weighted by molar-refractivity contribution is -0.127. The zero-order chi connectivity index (χ0) is 18.6. The smallest absolute Gasteiger partial charge is 0.372 e. The van der Waals surface area contributed by atoms with Gasteiger partial charge in [-0.1, -0.05) is 24.3 Å². The Hall–Kier alpha value is -2.62. The summed E-state index contributed by atoms with van der Waals surface area (Å²) in [7, 11) is 0. The first-order valence-electron chi connectivity index (χ1n) is 8.06. The van der Waals surface area contributed by atoms with Gasteiger partial charge in [0.2, 0.25) is 0 Å². The molecular formula is C16H18F3N5O2. The highest BCUT2D eigenvalue weighted by atomic mass is 19.4. The second-order valence-corrected chi connectivity index (χ2v) is 5.83. The minimum atomic E-state index is -4.30. The highest BCUT2D eigenvalue weighted by molar-refractivity contribution is 5.73. The van der Waals surface area contributed by atoms with Gasteiger partial charge in [-0.3, -0.25) is 0 Å². The first kappa shape index (κ1) is 18.2. The third kappa shape index (κ3) is 4.72. The number of ether oxygens (including phenoxy) is 1. The normalized spacial score (nSPS) is 14.0. The molecule has 140 valence electrons. The third-order valence-electron chi connectivity index (χ3n) is 3.95. The lowest BCUT2D eigenvalue weighted by atomic mass is 10.0. The highest BCUT2D eigenvalue weighted by Gasteiger charge is 2.28. The number of rotatable bonds is 5. The zero-order valence-electron chi connectivity index (χ0n) is 13.8. The lowest BCUT2D eigenvalue weighted by Gasteiger charge is -2.16. The van der Waals surface area contributed by atoms with Crippen molar-refractivity contribution in [2.24, 2.45) is 0 Å². The van der Waals surface area contributed by atoms with Crippen molar-refractivity contribution in [3.8, 4) is 0 Å². The van der Waals surface area contributed by atoms with Gasteiger partial charge in [0, 0.05) is 13.1 Å². The number of urea groups is 1. The van der Waals surface area contributed by atoms with Crippen LogP contribution in [0.5, 0.6) is 0 Å². The van der Waals surface area contributed by atoms with Crippen molar-refractivity contribution in [1.29, 1.82) is 0 Å². The molecule has 0 fully saturated rings. The van der Waals surface area contributed by atoms with Gasteiger partial charge in [0.1, 0.15) is 6.61 Å². The van der Waals surface area contributed by atoms with Crippen LogP contribution in [0.4, 0.5) is 18.0 Å². The van der Waals surface area contributed by atoms with Gasteiger partial charge < -0.3 is 19.9 Å². The van der Waals surface area contributed by atoms with Crippen LogP contribution < -0.4 is 10.6 Å². The molecule has 2 aromatic rings. The summed E-state index contributed by atoms with van der Waals surface area (Å²) in [6.07, 6.45) is -5.32. The molecule has 2 N–H and O–H groups in total. The SMILES string of the molecule is O=C(NCc1ccccc1CC(F)(F)F)NCc1nnc2n1CCOC2. The Morgan fingerprint density at radius 3 is 2.65 bits per heavy atom. The maximum Gasteiger partial charge on any atom is 0.393 e. The molecule has 1 aromatic carbocycles. The van der Waals surface area contributed by atoms with Crippen molar-refractivity contribution in [2.75, 3.05) is 6.61 Å². The van der Waals surface area contributed by atoms with Crippen LogP contribution >= 0.6 is 0 Å². The summed E-state index contributed by atoms with van der Waals surface area (Å²) in [6, 6.07) is 5.67. The molecule has 26 heavy (non-hydrogen) atoms. The molecule has 1 aromatic heterocycles. The molecule has 0 aliphatic carbocycles. The van der Waals surface area contributed by atoms with Crippen molar-refractivity contribution in [1.82, 2.24) is 25.4 Å². The number of alkyl halides is 3. The number of aromatic nitrogens is 3. The molecule has 0 atom stereocenters. The minimum Gasteiger partial charge on any atom is -0.372 e. The number of benzene rings is 1. The fourth-order valence-corrected chi connectivity index (χ4v) is 2.70. The Bertz CT molecular complexity index is 775. The molecule has 1 aliphatic rings. The van der Waals surface area contributed by atoms with E-state index in [1.54, 1.807) is 18.2 Å². The number of nitrogens with zero attached hydrogens (tertiary/aromatic N) is 3. The Morgan fingerprint density at radius 2 is 1.88 bits per heavy atom. The summed E-state index contributed by atoms with van der Waals surface area (Å²) >= 11 is 0. The average Bonchev–Trinajstić information content (AvgIpc) is 3.01. The van der Waals surface area contributed by atoms with Crippen molar-refractivity contribution in [3.05, 3.63) is 47.0 Å². The number of nitrogens with one attached hydrogen (secondary N) is 2.